The highest BCUT2D eigenvalue weighted by atomic mass is 19.1. The number of hydrogen-bond acceptors (Lipinski definition) is 3. The van der Waals surface area contributed by atoms with Crippen LogP contribution in [0.25, 0.3) is 0 Å². The van der Waals surface area contributed by atoms with Crippen LogP contribution in [0.15, 0.2) is 36.8 Å². The van der Waals surface area contributed by atoms with Crippen LogP contribution in [-0.4, -0.2) is 15.9 Å². The third kappa shape index (κ3) is 2.60. The Bertz CT molecular complexity index is 546. The molecule has 4 nitrogen and oxygen atoms in total. The summed E-state index contributed by atoms with van der Waals surface area (Å²) in [5, 5.41) is 2.28. The maximum atomic E-state index is 13.2. The van der Waals surface area contributed by atoms with Crippen molar-refractivity contribution in [3.63, 3.8) is 0 Å². The fourth-order valence-corrected chi connectivity index (χ4v) is 1.20. The summed E-state index contributed by atoms with van der Waals surface area (Å²) >= 11 is 0. The summed E-state index contributed by atoms with van der Waals surface area (Å²) in [6.07, 6.45) is 2.60. The van der Waals surface area contributed by atoms with Crippen LogP contribution < -0.4 is 5.32 Å². The Morgan fingerprint density at radius 1 is 1.24 bits per heavy atom. The van der Waals surface area contributed by atoms with E-state index >= 15 is 0 Å². The summed E-state index contributed by atoms with van der Waals surface area (Å²) in [5.74, 6) is -2.13. The van der Waals surface area contributed by atoms with Crippen LogP contribution in [0.4, 0.5) is 14.5 Å². The Kier molecular flexibility index (Phi) is 3.04. The Hall–Kier alpha value is -2.37. The number of rotatable bonds is 2. The van der Waals surface area contributed by atoms with Gasteiger partial charge in [0, 0.05) is 12.3 Å². The van der Waals surface area contributed by atoms with Gasteiger partial charge >= 0.3 is 0 Å². The molecule has 0 saturated heterocycles. The highest BCUT2D eigenvalue weighted by Crippen LogP contribution is 2.15. The summed E-state index contributed by atoms with van der Waals surface area (Å²) in [7, 11) is 0. The minimum absolute atomic E-state index is 0.101. The smallest absolute Gasteiger partial charge is 0.274 e. The predicted octanol–water partition coefficient (Wildman–Crippen LogP) is 2.01. The zero-order valence-corrected chi connectivity index (χ0v) is 8.52. The van der Waals surface area contributed by atoms with Crippen molar-refractivity contribution in [3.05, 3.63) is 54.1 Å². The maximum absolute atomic E-state index is 13.2. The second-order valence-corrected chi connectivity index (χ2v) is 3.17. The van der Waals surface area contributed by atoms with Crippen LogP contribution in [0, 0.1) is 11.6 Å². The monoisotopic (exact) mass is 235 g/mol. The molecule has 1 amide bonds. The van der Waals surface area contributed by atoms with Crippen molar-refractivity contribution in [1.82, 2.24) is 9.97 Å². The maximum Gasteiger partial charge on any atom is 0.274 e. The van der Waals surface area contributed by atoms with Crippen molar-refractivity contribution in [2.24, 2.45) is 0 Å². The van der Waals surface area contributed by atoms with Crippen LogP contribution in [0.2, 0.25) is 0 Å². The lowest BCUT2D eigenvalue weighted by molar-refractivity contribution is 0.102. The van der Waals surface area contributed by atoms with Gasteiger partial charge in [-0.15, -0.1) is 0 Å². The summed E-state index contributed by atoms with van der Waals surface area (Å²) in [6, 6.07) is 4.27. The van der Waals surface area contributed by atoms with Crippen LogP contribution in [0.5, 0.6) is 0 Å². The van der Waals surface area contributed by atoms with E-state index in [2.05, 4.69) is 15.3 Å². The summed E-state index contributed by atoms with van der Waals surface area (Å²) in [4.78, 5) is 18.9. The molecule has 1 heterocycles. The Morgan fingerprint density at radius 3 is 2.71 bits per heavy atom. The summed E-state index contributed by atoms with van der Waals surface area (Å²) in [5.41, 5.74) is -0.00117. The van der Waals surface area contributed by atoms with E-state index in [1.165, 1.54) is 18.6 Å². The number of carbonyl (C=O) groups is 1. The first kappa shape index (κ1) is 11.1. The molecule has 6 heteroatoms. The SMILES string of the molecule is O=C(Nc1ccc(F)cc1F)c1ccncn1. The second-order valence-electron chi connectivity index (χ2n) is 3.17. The number of aromatic nitrogens is 2. The van der Waals surface area contributed by atoms with E-state index in [0.29, 0.717) is 6.07 Å². The number of amides is 1. The van der Waals surface area contributed by atoms with Gasteiger partial charge in [-0.3, -0.25) is 4.79 Å². The molecule has 17 heavy (non-hydrogen) atoms. The lowest BCUT2D eigenvalue weighted by atomic mass is 10.3. The van der Waals surface area contributed by atoms with Crippen molar-refractivity contribution >= 4 is 11.6 Å². The van der Waals surface area contributed by atoms with Gasteiger partial charge in [0.05, 0.1) is 5.69 Å². The van der Waals surface area contributed by atoms with E-state index in [-0.39, 0.29) is 11.4 Å². The van der Waals surface area contributed by atoms with E-state index < -0.39 is 17.5 Å². The molecule has 0 fully saturated rings. The molecule has 2 rings (SSSR count). The van der Waals surface area contributed by atoms with Crippen molar-refractivity contribution in [1.29, 1.82) is 0 Å². The highest BCUT2D eigenvalue weighted by molar-refractivity contribution is 6.02. The summed E-state index contributed by atoms with van der Waals surface area (Å²) in [6.45, 7) is 0. The van der Waals surface area contributed by atoms with Gasteiger partial charge in [-0.05, 0) is 18.2 Å². The largest absolute Gasteiger partial charge is 0.318 e. The lowest BCUT2D eigenvalue weighted by Gasteiger charge is -2.05. The molecule has 1 aromatic carbocycles. The van der Waals surface area contributed by atoms with Gasteiger partial charge in [0.25, 0.3) is 5.91 Å². The van der Waals surface area contributed by atoms with E-state index in [4.69, 9.17) is 0 Å². The third-order valence-electron chi connectivity index (χ3n) is 1.99. The minimum atomic E-state index is -0.840. The quantitative estimate of drug-likeness (QED) is 0.866. The molecule has 1 N–H and O–H groups in total. The van der Waals surface area contributed by atoms with Crippen molar-refractivity contribution < 1.29 is 13.6 Å². The second kappa shape index (κ2) is 4.65. The van der Waals surface area contributed by atoms with Gasteiger partial charge in [0.2, 0.25) is 0 Å². The first-order chi connectivity index (χ1) is 8.16. The number of anilines is 1. The molecular weight excluding hydrogens is 228 g/mol. The molecule has 0 saturated carbocycles. The first-order valence-electron chi connectivity index (χ1n) is 4.69. The fraction of sp³-hybridized carbons (Fsp3) is 0. The van der Waals surface area contributed by atoms with Crippen LogP contribution in [-0.2, 0) is 0 Å². The molecule has 0 aliphatic rings. The van der Waals surface area contributed by atoms with E-state index in [9.17, 15) is 13.6 Å². The standard InChI is InChI=1S/C11H7F2N3O/c12-7-1-2-9(8(13)5-7)16-11(17)10-3-4-14-6-15-10/h1-6H,(H,16,17). The summed E-state index contributed by atoms with van der Waals surface area (Å²) < 4.78 is 25.9. The molecule has 0 radical (unpaired) electrons. The highest BCUT2D eigenvalue weighted by Gasteiger charge is 2.10. The Labute approximate surface area is 95.3 Å². The van der Waals surface area contributed by atoms with E-state index in [1.54, 1.807) is 0 Å². The van der Waals surface area contributed by atoms with Gasteiger partial charge < -0.3 is 5.32 Å². The van der Waals surface area contributed by atoms with Gasteiger partial charge in [0.15, 0.2) is 0 Å². The van der Waals surface area contributed by atoms with Crippen LogP contribution in [0.1, 0.15) is 10.5 Å². The number of halogens is 2. The average molecular weight is 235 g/mol. The first-order valence-corrected chi connectivity index (χ1v) is 4.69. The number of carbonyl (C=O) groups excluding carboxylic acids is 1. The predicted molar refractivity (Wildman–Crippen MR) is 56.3 cm³/mol. The molecule has 0 bridgehead atoms. The molecule has 2 aromatic rings. The van der Waals surface area contributed by atoms with E-state index in [1.807, 2.05) is 0 Å². The van der Waals surface area contributed by atoms with Gasteiger partial charge in [0.1, 0.15) is 23.7 Å². The number of hydrogen-bond donors (Lipinski definition) is 1. The Morgan fingerprint density at radius 2 is 2.06 bits per heavy atom. The zero-order chi connectivity index (χ0) is 12.3. The van der Waals surface area contributed by atoms with E-state index in [0.717, 1.165) is 12.1 Å². The average Bonchev–Trinajstić information content (AvgIpc) is 2.34. The van der Waals surface area contributed by atoms with Gasteiger partial charge in [-0.2, -0.15) is 0 Å². The molecule has 0 atom stereocenters. The lowest BCUT2D eigenvalue weighted by Crippen LogP contribution is -2.14. The molecule has 0 unspecified atom stereocenters. The third-order valence-corrected chi connectivity index (χ3v) is 1.99. The van der Waals surface area contributed by atoms with Gasteiger partial charge in [-0.25, -0.2) is 18.7 Å². The molecule has 1 aromatic heterocycles. The zero-order valence-electron chi connectivity index (χ0n) is 8.52. The minimum Gasteiger partial charge on any atom is -0.318 e. The molecule has 86 valence electrons. The van der Waals surface area contributed by atoms with Crippen molar-refractivity contribution in [2.75, 3.05) is 5.32 Å². The fourth-order valence-electron chi connectivity index (χ4n) is 1.20. The normalized spacial score (nSPS) is 10.0. The van der Waals surface area contributed by atoms with Crippen LogP contribution >= 0.6 is 0 Å². The van der Waals surface area contributed by atoms with Crippen molar-refractivity contribution in [2.45, 2.75) is 0 Å². The topological polar surface area (TPSA) is 54.9 Å². The molecular formula is C11H7F2N3O. The number of nitrogens with zero attached hydrogens (tertiary/aromatic N) is 2. The Balaban J connectivity index is 2.19. The van der Waals surface area contributed by atoms with Crippen molar-refractivity contribution in [3.8, 4) is 0 Å². The number of benzene rings is 1. The van der Waals surface area contributed by atoms with Crippen LogP contribution in [0.3, 0.4) is 0 Å². The molecule has 0 aliphatic carbocycles. The number of nitrogens with one attached hydrogen (secondary N) is 1. The van der Waals surface area contributed by atoms with Gasteiger partial charge in [-0.1, -0.05) is 0 Å². The molecule has 0 aliphatic heterocycles. The molecule has 0 spiro atoms.